The van der Waals surface area contributed by atoms with E-state index in [-0.39, 0.29) is 11.9 Å². The molecule has 0 aromatic heterocycles. The third-order valence-electron chi connectivity index (χ3n) is 4.44. The van der Waals surface area contributed by atoms with Gasteiger partial charge in [-0.25, -0.2) is 8.42 Å². The molecule has 23 heavy (non-hydrogen) atoms. The maximum absolute atomic E-state index is 12.5. The van der Waals surface area contributed by atoms with Gasteiger partial charge in [-0.1, -0.05) is 18.9 Å². The molecule has 0 spiro atoms. The van der Waals surface area contributed by atoms with Crippen molar-refractivity contribution >= 4 is 15.7 Å². The molecule has 1 N–H and O–H groups in total. The number of fused-ring (bicyclic) bond motifs is 1. The summed E-state index contributed by atoms with van der Waals surface area (Å²) in [5, 5.41) is 0. The lowest BCUT2D eigenvalue weighted by molar-refractivity contribution is 0.0718. The Morgan fingerprint density at radius 3 is 2.74 bits per heavy atom. The minimum absolute atomic E-state index is 0.0430. The molecule has 1 aromatic rings. The Kier molecular flexibility index (Phi) is 4.96. The topological polar surface area (TPSA) is 73.9 Å². The summed E-state index contributed by atoms with van der Waals surface area (Å²) in [5.74, 6) is 1.30. The van der Waals surface area contributed by atoms with E-state index in [2.05, 4.69) is 4.72 Å². The summed E-state index contributed by atoms with van der Waals surface area (Å²) < 4.78 is 44.1. The molecule has 0 radical (unpaired) electrons. The highest BCUT2D eigenvalue weighted by atomic mass is 32.2. The van der Waals surface area contributed by atoms with Crippen molar-refractivity contribution in [1.82, 2.24) is 0 Å². The third kappa shape index (κ3) is 3.90. The fourth-order valence-corrected chi connectivity index (χ4v) is 4.73. The lowest BCUT2D eigenvalue weighted by Gasteiger charge is -2.24. The molecule has 1 atom stereocenters. The Morgan fingerprint density at radius 1 is 1.26 bits per heavy atom. The second-order valence-corrected chi connectivity index (χ2v) is 7.80. The zero-order valence-corrected chi connectivity index (χ0v) is 14.1. The number of sulfonamides is 1. The molecule has 7 heteroatoms. The minimum atomic E-state index is -3.53. The molecule has 3 rings (SSSR count). The van der Waals surface area contributed by atoms with Crippen molar-refractivity contribution in [3.63, 3.8) is 0 Å². The Bertz CT molecular complexity index is 640. The van der Waals surface area contributed by atoms with Gasteiger partial charge in [0.15, 0.2) is 11.5 Å². The fourth-order valence-electron chi connectivity index (χ4n) is 3.31. The largest absolute Gasteiger partial charge is 0.486 e. The maximum atomic E-state index is 12.5. The van der Waals surface area contributed by atoms with Crippen molar-refractivity contribution in [2.24, 2.45) is 5.92 Å². The molecule has 0 saturated heterocycles. The van der Waals surface area contributed by atoms with E-state index in [4.69, 9.17) is 14.2 Å². The first kappa shape index (κ1) is 16.4. The summed E-state index contributed by atoms with van der Waals surface area (Å²) >= 11 is 0. The zero-order chi connectivity index (χ0) is 16.3. The van der Waals surface area contributed by atoms with Crippen LogP contribution in [-0.2, 0) is 14.8 Å². The van der Waals surface area contributed by atoms with Gasteiger partial charge in [-0.15, -0.1) is 0 Å². The summed E-state index contributed by atoms with van der Waals surface area (Å²) in [6.07, 6.45) is 4.09. The van der Waals surface area contributed by atoms with Crippen LogP contribution in [-0.4, -0.2) is 40.6 Å². The van der Waals surface area contributed by atoms with Crippen molar-refractivity contribution < 1.29 is 22.6 Å². The summed E-state index contributed by atoms with van der Waals surface area (Å²) in [4.78, 5) is 0. The predicted molar refractivity (Wildman–Crippen MR) is 87.6 cm³/mol. The van der Waals surface area contributed by atoms with Gasteiger partial charge in [0, 0.05) is 7.11 Å². The summed E-state index contributed by atoms with van der Waals surface area (Å²) in [5.41, 5.74) is 0.420. The molecular formula is C16H23NO5S. The number of methoxy groups -OCH3 is 1. The molecular weight excluding hydrogens is 318 g/mol. The molecule has 128 valence electrons. The van der Waals surface area contributed by atoms with E-state index in [0.29, 0.717) is 36.3 Å². The molecule has 1 aliphatic carbocycles. The molecule has 1 aromatic carbocycles. The summed E-state index contributed by atoms with van der Waals surface area (Å²) in [7, 11) is -1.94. The average molecular weight is 341 g/mol. The van der Waals surface area contributed by atoms with Crippen LogP contribution in [0.3, 0.4) is 0 Å². The Hall–Kier alpha value is -1.47. The SMILES string of the molecule is COC(CS(=O)(=O)Nc1cccc2c1OCCO2)C1CCCC1. The monoisotopic (exact) mass is 341 g/mol. The zero-order valence-electron chi connectivity index (χ0n) is 13.3. The fraction of sp³-hybridized carbons (Fsp3) is 0.625. The van der Waals surface area contributed by atoms with Crippen LogP contribution in [0.4, 0.5) is 5.69 Å². The van der Waals surface area contributed by atoms with E-state index in [1.807, 2.05) is 0 Å². The van der Waals surface area contributed by atoms with Crippen LogP contribution in [0.1, 0.15) is 25.7 Å². The molecule has 1 heterocycles. The highest BCUT2D eigenvalue weighted by Crippen LogP contribution is 2.38. The second-order valence-electron chi connectivity index (χ2n) is 6.03. The summed E-state index contributed by atoms with van der Waals surface area (Å²) in [6, 6.07) is 5.20. The number of anilines is 1. The molecule has 2 aliphatic rings. The first-order chi connectivity index (χ1) is 11.1. The van der Waals surface area contributed by atoms with Crippen LogP contribution in [0.15, 0.2) is 18.2 Å². The van der Waals surface area contributed by atoms with Crippen LogP contribution in [0.5, 0.6) is 11.5 Å². The Morgan fingerprint density at radius 2 is 2.00 bits per heavy atom. The van der Waals surface area contributed by atoms with Gasteiger partial charge < -0.3 is 14.2 Å². The van der Waals surface area contributed by atoms with Gasteiger partial charge in [-0.2, -0.15) is 0 Å². The Balaban J connectivity index is 1.73. The van der Waals surface area contributed by atoms with Crippen LogP contribution in [0, 0.1) is 5.92 Å². The lowest BCUT2D eigenvalue weighted by Crippen LogP contribution is -2.32. The lowest BCUT2D eigenvalue weighted by atomic mass is 10.0. The Labute approximate surface area is 137 Å². The first-order valence-electron chi connectivity index (χ1n) is 8.01. The number of benzene rings is 1. The molecule has 0 amide bonds. The smallest absolute Gasteiger partial charge is 0.235 e. The minimum Gasteiger partial charge on any atom is -0.486 e. The van der Waals surface area contributed by atoms with Crippen LogP contribution in [0.25, 0.3) is 0 Å². The van der Waals surface area contributed by atoms with E-state index >= 15 is 0 Å². The van der Waals surface area contributed by atoms with Gasteiger partial charge in [0.05, 0.1) is 17.5 Å². The van der Waals surface area contributed by atoms with Crippen LogP contribution in [0.2, 0.25) is 0 Å². The number of hydrogen-bond acceptors (Lipinski definition) is 5. The number of hydrogen-bond donors (Lipinski definition) is 1. The number of para-hydroxylation sites is 1. The van der Waals surface area contributed by atoms with Gasteiger partial charge in [-0.05, 0) is 30.9 Å². The van der Waals surface area contributed by atoms with E-state index in [9.17, 15) is 8.42 Å². The number of nitrogens with one attached hydrogen (secondary N) is 1. The van der Waals surface area contributed by atoms with Gasteiger partial charge in [0.25, 0.3) is 0 Å². The third-order valence-corrected chi connectivity index (χ3v) is 5.74. The van der Waals surface area contributed by atoms with Gasteiger partial charge in [0.2, 0.25) is 10.0 Å². The highest BCUT2D eigenvalue weighted by Gasteiger charge is 2.30. The normalized spacial score (nSPS) is 19.5. The van der Waals surface area contributed by atoms with Crippen molar-refractivity contribution in [3.05, 3.63) is 18.2 Å². The van der Waals surface area contributed by atoms with E-state index < -0.39 is 10.0 Å². The molecule has 1 unspecified atom stereocenters. The van der Waals surface area contributed by atoms with Gasteiger partial charge in [0.1, 0.15) is 13.2 Å². The molecule has 6 nitrogen and oxygen atoms in total. The predicted octanol–water partition coefficient (Wildman–Crippen LogP) is 2.40. The maximum Gasteiger partial charge on any atom is 0.235 e. The second kappa shape index (κ2) is 6.97. The average Bonchev–Trinajstić information content (AvgIpc) is 3.07. The number of rotatable bonds is 6. The quantitative estimate of drug-likeness (QED) is 0.860. The van der Waals surface area contributed by atoms with E-state index in [0.717, 1.165) is 25.7 Å². The van der Waals surface area contributed by atoms with Gasteiger partial charge in [-0.3, -0.25) is 4.72 Å². The highest BCUT2D eigenvalue weighted by molar-refractivity contribution is 7.92. The van der Waals surface area contributed by atoms with Crippen LogP contribution >= 0.6 is 0 Å². The van der Waals surface area contributed by atoms with E-state index in [1.54, 1.807) is 25.3 Å². The molecule has 1 fully saturated rings. The first-order valence-corrected chi connectivity index (χ1v) is 9.66. The van der Waals surface area contributed by atoms with Crippen LogP contribution < -0.4 is 14.2 Å². The van der Waals surface area contributed by atoms with Crippen molar-refractivity contribution in [1.29, 1.82) is 0 Å². The summed E-state index contributed by atoms with van der Waals surface area (Å²) in [6.45, 7) is 0.880. The molecule has 1 aliphatic heterocycles. The molecule has 1 saturated carbocycles. The number of ether oxygens (including phenoxy) is 3. The van der Waals surface area contributed by atoms with Crippen molar-refractivity contribution in [2.45, 2.75) is 31.8 Å². The van der Waals surface area contributed by atoms with E-state index in [1.165, 1.54) is 0 Å². The van der Waals surface area contributed by atoms with Crippen molar-refractivity contribution in [2.75, 3.05) is 30.8 Å². The van der Waals surface area contributed by atoms with Crippen molar-refractivity contribution in [3.8, 4) is 11.5 Å². The van der Waals surface area contributed by atoms with Gasteiger partial charge >= 0.3 is 0 Å². The standard InChI is InChI=1S/C16H23NO5S/c1-20-15(12-5-2-3-6-12)11-23(18,19)17-13-7-4-8-14-16(13)22-10-9-21-14/h4,7-8,12,15,17H,2-3,5-6,9-11H2,1H3. The molecule has 0 bridgehead atoms.